The van der Waals surface area contributed by atoms with Gasteiger partial charge in [-0.3, -0.25) is 9.69 Å². The van der Waals surface area contributed by atoms with Gasteiger partial charge in [-0.25, -0.2) is 0 Å². The van der Waals surface area contributed by atoms with Crippen molar-refractivity contribution in [1.29, 1.82) is 0 Å². The van der Waals surface area contributed by atoms with E-state index < -0.39 is 6.10 Å². The number of rotatable bonds is 8. The minimum absolute atomic E-state index is 0.0965. The van der Waals surface area contributed by atoms with Crippen LogP contribution in [0.4, 0.5) is 0 Å². The smallest absolute Gasteiger partial charge is 0.234 e. The molecular formula is C16H26N2O3. The number of carbonyl (C=O) groups is 1. The van der Waals surface area contributed by atoms with E-state index in [2.05, 4.69) is 5.32 Å². The van der Waals surface area contributed by atoms with Gasteiger partial charge in [-0.1, -0.05) is 12.1 Å². The van der Waals surface area contributed by atoms with Gasteiger partial charge in [-0.15, -0.1) is 0 Å². The molecule has 0 fully saturated rings. The summed E-state index contributed by atoms with van der Waals surface area (Å²) in [6, 6.07) is 7.94. The van der Waals surface area contributed by atoms with E-state index in [9.17, 15) is 9.90 Å². The predicted molar refractivity (Wildman–Crippen MR) is 83.5 cm³/mol. The molecule has 1 aromatic rings. The van der Waals surface area contributed by atoms with Gasteiger partial charge in [0.1, 0.15) is 18.5 Å². The largest absolute Gasteiger partial charge is 0.491 e. The predicted octanol–water partition coefficient (Wildman–Crippen LogP) is 1.19. The van der Waals surface area contributed by atoms with E-state index in [4.69, 9.17) is 4.74 Å². The number of benzene rings is 1. The lowest BCUT2D eigenvalue weighted by molar-refractivity contribution is -0.122. The monoisotopic (exact) mass is 294 g/mol. The summed E-state index contributed by atoms with van der Waals surface area (Å²) < 4.78 is 5.49. The van der Waals surface area contributed by atoms with Gasteiger partial charge in [-0.05, 0) is 45.5 Å². The molecule has 1 rings (SSSR count). The average molecular weight is 294 g/mol. The fourth-order valence-electron chi connectivity index (χ4n) is 1.65. The summed E-state index contributed by atoms with van der Waals surface area (Å²) in [6.07, 6.45) is -0.723. The van der Waals surface area contributed by atoms with Crippen molar-refractivity contribution in [3.63, 3.8) is 0 Å². The molecule has 1 amide bonds. The quantitative estimate of drug-likeness (QED) is 0.756. The van der Waals surface area contributed by atoms with Crippen LogP contribution in [-0.4, -0.2) is 54.8 Å². The lowest BCUT2D eigenvalue weighted by Gasteiger charge is -2.20. The number of hydrogen-bond donors (Lipinski definition) is 2. The number of nitrogens with zero attached hydrogens (tertiary/aromatic N) is 1. The number of aryl methyl sites for hydroxylation is 1. The Morgan fingerprint density at radius 3 is 2.76 bits per heavy atom. The molecule has 2 N–H and O–H groups in total. The fourth-order valence-corrected chi connectivity index (χ4v) is 1.65. The Morgan fingerprint density at radius 1 is 1.43 bits per heavy atom. The number of hydrogen-bond acceptors (Lipinski definition) is 4. The molecule has 0 aliphatic heterocycles. The number of aliphatic hydroxyl groups excluding tert-OH is 1. The van der Waals surface area contributed by atoms with Crippen molar-refractivity contribution in [1.82, 2.24) is 10.2 Å². The zero-order valence-electron chi connectivity index (χ0n) is 13.3. The molecule has 1 aromatic carbocycles. The highest BCUT2D eigenvalue weighted by Gasteiger charge is 2.11. The highest BCUT2D eigenvalue weighted by Crippen LogP contribution is 2.12. The Balaban J connectivity index is 2.25. The minimum atomic E-state index is -0.723. The van der Waals surface area contributed by atoms with E-state index in [1.807, 2.05) is 57.0 Å². The molecule has 5 heteroatoms. The van der Waals surface area contributed by atoms with Crippen LogP contribution in [0.2, 0.25) is 0 Å². The summed E-state index contributed by atoms with van der Waals surface area (Å²) in [5.41, 5.74) is 1.10. The van der Waals surface area contributed by atoms with E-state index in [0.29, 0.717) is 12.6 Å². The highest BCUT2D eigenvalue weighted by molar-refractivity contribution is 5.78. The van der Waals surface area contributed by atoms with Gasteiger partial charge in [0.15, 0.2) is 0 Å². The van der Waals surface area contributed by atoms with Crippen molar-refractivity contribution < 1.29 is 14.6 Å². The maximum absolute atomic E-state index is 11.7. The maximum atomic E-state index is 11.7. The van der Waals surface area contributed by atoms with Crippen LogP contribution in [0, 0.1) is 6.92 Å². The molecule has 0 saturated carbocycles. The van der Waals surface area contributed by atoms with E-state index in [0.717, 1.165) is 11.3 Å². The van der Waals surface area contributed by atoms with Gasteiger partial charge in [0.25, 0.3) is 0 Å². The number of aliphatic hydroxyl groups is 1. The molecule has 0 aliphatic carbocycles. The zero-order chi connectivity index (χ0) is 15.8. The molecule has 1 atom stereocenters. The number of ether oxygens (including phenoxy) is 1. The van der Waals surface area contributed by atoms with Crippen molar-refractivity contribution in [2.24, 2.45) is 0 Å². The molecule has 21 heavy (non-hydrogen) atoms. The Bertz CT molecular complexity index is 449. The van der Waals surface area contributed by atoms with E-state index in [1.54, 1.807) is 0 Å². The first kappa shape index (κ1) is 17.5. The summed E-state index contributed by atoms with van der Waals surface area (Å²) in [5.74, 6) is 0.626. The Kier molecular flexibility index (Phi) is 7.19. The van der Waals surface area contributed by atoms with Gasteiger partial charge in [0.05, 0.1) is 6.54 Å². The summed E-state index contributed by atoms with van der Waals surface area (Å²) in [5, 5.41) is 12.5. The van der Waals surface area contributed by atoms with Crippen LogP contribution in [0.1, 0.15) is 19.4 Å². The topological polar surface area (TPSA) is 61.8 Å². The molecule has 118 valence electrons. The van der Waals surface area contributed by atoms with Crippen molar-refractivity contribution in [3.8, 4) is 5.75 Å². The molecule has 0 bridgehead atoms. The van der Waals surface area contributed by atoms with Crippen molar-refractivity contribution in [2.75, 3.05) is 26.7 Å². The van der Waals surface area contributed by atoms with Gasteiger partial charge >= 0.3 is 0 Å². The standard InChI is InChI=1S/C16H26N2O3/c1-12(2)18(4)10-16(20)17-9-14(19)11-21-15-7-5-6-13(3)8-15/h5-8,12,14,19H,9-11H2,1-4H3,(H,17,20). The summed E-state index contributed by atoms with van der Waals surface area (Å²) in [6.45, 7) is 6.70. The third-order valence-electron chi connectivity index (χ3n) is 3.24. The zero-order valence-corrected chi connectivity index (χ0v) is 13.3. The number of likely N-dealkylation sites (N-methyl/N-ethyl adjacent to an activating group) is 1. The molecule has 0 saturated heterocycles. The van der Waals surface area contributed by atoms with Gasteiger partial charge in [0.2, 0.25) is 5.91 Å². The SMILES string of the molecule is Cc1cccc(OCC(O)CNC(=O)CN(C)C(C)C)c1. The molecule has 0 spiro atoms. The Hall–Kier alpha value is -1.59. The molecule has 1 unspecified atom stereocenters. The first-order valence-electron chi connectivity index (χ1n) is 7.23. The maximum Gasteiger partial charge on any atom is 0.234 e. The molecule has 0 aliphatic rings. The van der Waals surface area contributed by atoms with Crippen LogP contribution in [-0.2, 0) is 4.79 Å². The van der Waals surface area contributed by atoms with Crippen LogP contribution in [0.5, 0.6) is 5.75 Å². The Morgan fingerprint density at radius 2 is 2.14 bits per heavy atom. The van der Waals surface area contributed by atoms with Gasteiger partial charge in [0, 0.05) is 12.6 Å². The van der Waals surface area contributed by atoms with Crippen LogP contribution >= 0.6 is 0 Å². The van der Waals surface area contributed by atoms with Crippen molar-refractivity contribution in [2.45, 2.75) is 32.9 Å². The number of amides is 1. The Labute approximate surface area is 126 Å². The van der Waals surface area contributed by atoms with Gasteiger partial charge in [-0.2, -0.15) is 0 Å². The van der Waals surface area contributed by atoms with Gasteiger partial charge < -0.3 is 15.2 Å². The highest BCUT2D eigenvalue weighted by atomic mass is 16.5. The van der Waals surface area contributed by atoms with Crippen molar-refractivity contribution >= 4 is 5.91 Å². The normalized spacial score (nSPS) is 12.5. The second-order valence-corrected chi connectivity index (χ2v) is 5.59. The van der Waals surface area contributed by atoms with E-state index >= 15 is 0 Å². The lowest BCUT2D eigenvalue weighted by Crippen LogP contribution is -2.42. The molecule has 0 aromatic heterocycles. The third-order valence-corrected chi connectivity index (χ3v) is 3.24. The third kappa shape index (κ3) is 7.11. The first-order chi connectivity index (χ1) is 9.88. The second kappa shape index (κ2) is 8.64. The van der Waals surface area contributed by atoms with Crippen LogP contribution in [0.15, 0.2) is 24.3 Å². The van der Waals surface area contributed by atoms with E-state index in [1.165, 1.54) is 0 Å². The molecule has 5 nitrogen and oxygen atoms in total. The number of nitrogens with one attached hydrogen (secondary N) is 1. The van der Waals surface area contributed by atoms with E-state index in [-0.39, 0.29) is 19.1 Å². The number of carbonyl (C=O) groups excluding carboxylic acids is 1. The summed E-state index contributed by atoms with van der Waals surface area (Å²) >= 11 is 0. The minimum Gasteiger partial charge on any atom is -0.491 e. The molecular weight excluding hydrogens is 268 g/mol. The fraction of sp³-hybridized carbons (Fsp3) is 0.562. The average Bonchev–Trinajstić information content (AvgIpc) is 2.42. The first-order valence-corrected chi connectivity index (χ1v) is 7.23. The second-order valence-electron chi connectivity index (χ2n) is 5.59. The van der Waals surface area contributed by atoms with Crippen LogP contribution in [0.25, 0.3) is 0 Å². The summed E-state index contributed by atoms with van der Waals surface area (Å²) in [4.78, 5) is 13.6. The molecule has 0 radical (unpaired) electrons. The lowest BCUT2D eigenvalue weighted by atomic mass is 10.2. The van der Waals surface area contributed by atoms with Crippen LogP contribution in [0.3, 0.4) is 0 Å². The van der Waals surface area contributed by atoms with Crippen molar-refractivity contribution in [3.05, 3.63) is 29.8 Å². The van der Waals surface area contributed by atoms with Crippen LogP contribution < -0.4 is 10.1 Å². The molecule has 0 heterocycles. The summed E-state index contributed by atoms with van der Waals surface area (Å²) in [7, 11) is 1.89.